The van der Waals surface area contributed by atoms with Crippen LogP contribution in [-0.4, -0.2) is 45.9 Å². The largest absolute Gasteiger partial charge is 0.493 e. The Morgan fingerprint density at radius 2 is 1.81 bits per heavy atom. The van der Waals surface area contributed by atoms with E-state index < -0.39 is 0 Å². The molecule has 0 unspecified atom stereocenters. The lowest BCUT2D eigenvalue weighted by molar-refractivity contribution is 0.322. The van der Waals surface area contributed by atoms with E-state index in [1.807, 2.05) is 26.0 Å². The maximum absolute atomic E-state index is 5.56. The molecule has 0 atom stereocenters. The van der Waals surface area contributed by atoms with Gasteiger partial charge >= 0.3 is 0 Å². The van der Waals surface area contributed by atoms with Crippen LogP contribution in [0.2, 0.25) is 0 Å². The minimum atomic E-state index is 0.466. The predicted molar refractivity (Wildman–Crippen MR) is 104 cm³/mol. The Hall–Kier alpha value is -2.90. The zero-order valence-corrected chi connectivity index (χ0v) is 16.8. The fourth-order valence-corrected chi connectivity index (χ4v) is 2.67. The molecule has 148 valence electrons. The van der Waals surface area contributed by atoms with Crippen molar-refractivity contribution >= 4 is 5.96 Å². The van der Waals surface area contributed by atoms with Crippen molar-refractivity contribution in [2.45, 2.75) is 26.8 Å². The second kappa shape index (κ2) is 9.70. The van der Waals surface area contributed by atoms with E-state index in [2.05, 4.69) is 20.6 Å². The molecule has 0 aliphatic heterocycles. The second-order valence-electron chi connectivity index (χ2n) is 5.85. The molecule has 2 aromatic rings. The lowest BCUT2D eigenvalue weighted by Gasteiger charge is -2.16. The van der Waals surface area contributed by atoms with E-state index in [0.29, 0.717) is 42.2 Å². The Bertz CT molecular complexity index is 767. The van der Waals surface area contributed by atoms with Crippen molar-refractivity contribution in [3.8, 4) is 17.2 Å². The Labute approximate surface area is 159 Å². The molecule has 1 heterocycles. The van der Waals surface area contributed by atoms with E-state index in [-0.39, 0.29) is 0 Å². The lowest BCUT2D eigenvalue weighted by Crippen LogP contribution is -2.38. The number of guanidine groups is 1. The van der Waals surface area contributed by atoms with Crippen molar-refractivity contribution in [2.75, 3.05) is 34.9 Å². The van der Waals surface area contributed by atoms with Crippen molar-refractivity contribution in [2.24, 2.45) is 4.99 Å². The summed E-state index contributed by atoms with van der Waals surface area (Å²) in [5.74, 6) is 4.04. The van der Waals surface area contributed by atoms with Crippen LogP contribution in [0.4, 0.5) is 0 Å². The van der Waals surface area contributed by atoms with Gasteiger partial charge in [-0.2, -0.15) is 0 Å². The maximum Gasteiger partial charge on any atom is 0.214 e. The third-order valence-corrected chi connectivity index (χ3v) is 4.18. The molecular formula is C19H28N4O4. The summed E-state index contributed by atoms with van der Waals surface area (Å²) in [6.07, 6.45) is 0.724. The normalized spacial score (nSPS) is 11.3. The van der Waals surface area contributed by atoms with Crippen LogP contribution in [0.1, 0.15) is 22.9 Å². The lowest BCUT2D eigenvalue weighted by atomic mass is 10.1. The molecule has 2 rings (SSSR count). The first-order chi connectivity index (χ1) is 13.0. The average Bonchev–Trinajstić information content (AvgIpc) is 3.01. The standard InChI is InChI=1S/C19H28N4O4/c1-12-13(2)27-16(23-12)11-22-19(20-3)21-10-9-14-7-8-15(24-4)18(26-6)17(14)25-5/h7-8H,9-11H2,1-6H3,(H2,20,21,22). The SMILES string of the molecule is CN=C(NCCc1ccc(OC)c(OC)c1OC)NCc1nc(C)c(C)o1. The Kier molecular flexibility index (Phi) is 7.34. The molecule has 1 aromatic heterocycles. The van der Waals surface area contributed by atoms with Crippen LogP contribution in [-0.2, 0) is 13.0 Å². The van der Waals surface area contributed by atoms with Crippen LogP contribution in [0.25, 0.3) is 0 Å². The summed E-state index contributed by atoms with van der Waals surface area (Å²) in [5.41, 5.74) is 1.91. The van der Waals surface area contributed by atoms with Gasteiger partial charge in [-0.15, -0.1) is 0 Å². The quantitative estimate of drug-likeness (QED) is 0.539. The van der Waals surface area contributed by atoms with Crippen molar-refractivity contribution in [3.05, 3.63) is 35.0 Å². The summed E-state index contributed by atoms with van der Waals surface area (Å²) >= 11 is 0. The molecule has 8 heteroatoms. The number of methoxy groups -OCH3 is 3. The molecule has 0 bridgehead atoms. The van der Waals surface area contributed by atoms with E-state index >= 15 is 0 Å². The van der Waals surface area contributed by atoms with Crippen molar-refractivity contribution < 1.29 is 18.6 Å². The molecule has 1 aromatic carbocycles. The van der Waals surface area contributed by atoms with Crippen LogP contribution in [0, 0.1) is 13.8 Å². The molecule has 8 nitrogen and oxygen atoms in total. The molecule has 0 saturated carbocycles. The monoisotopic (exact) mass is 376 g/mol. The van der Waals surface area contributed by atoms with Gasteiger partial charge in [0.1, 0.15) is 5.76 Å². The van der Waals surface area contributed by atoms with E-state index in [1.54, 1.807) is 28.4 Å². The first-order valence-electron chi connectivity index (χ1n) is 8.69. The van der Waals surface area contributed by atoms with Crippen LogP contribution in [0.3, 0.4) is 0 Å². The number of aromatic nitrogens is 1. The highest BCUT2D eigenvalue weighted by Gasteiger charge is 2.15. The fraction of sp³-hybridized carbons (Fsp3) is 0.474. The molecular weight excluding hydrogens is 348 g/mol. The van der Waals surface area contributed by atoms with Gasteiger partial charge < -0.3 is 29.3 Å². The molecule has 2 N–H and O–H groups in total. The van der Waals surface area contributed by atoms with Gasteiger partial charge in [0.05, 0.1) is 33.6 Å². The molecule has 0 saturated heterocycles. The van der Waals surface area contributed by atoms with Gasteiger partial charge in [-0.05, 0) is 26.3 Å². The fourth-order valence-electron chi connectivity index (χ4n) is 2.67. The maximum atomic E-state index is 5.56. The van der Waals surface area contributed by atoms with Gasteiger partial charge in [0, 0.05) is 19.2 Å². The Morgan fingerprint density at radius 1 is 1.07 bits per heavy atom. The summed E-state index contributed by atoms with van der Waals surface area (Å²) in [6, 6.07) is 3.84. The van der Waals surface area contributed by atoms with Gasteiger partial charge in [-0.1, -0.05) is 6.07 Å². The third-order valence-electron chi connectivity index (χ3n) is 4.18. The minimum absolute atomic E-state index is 0.466. The number of hydrogen-bond donors (Lipinski definition) is 2. The number of aliphatic imine (C=N–C) groups is 1. The molecule has 0 aliphatic rings. The molecule has 0 amide bonds. The number of hydrogen-bond acceptors (Lipinski definition) is 6. The van der Waals surface area contributed by atoms with Gasteiger partial charge in [-0.3, -0.25) is 4.99 Å². The van der Waals surface area contributed by atoms with Gasteiger partial charge in [0.15, 0.2) is 17.5 Å². The van der Waals surface area contributed by atoms with Crippen LogP contribution >= 0.6 is 0 Å². The number of aryl methyl sites for hydroxylation is 2. The number of benzene rings is 1. The Morgan fingerprint density at radius 3 is 2.37 bits per heavy atom. The van der Waals surface area contributed by atoms with Crippen molar-refractivity contribution in [1.82, 2.24) is 15.6 Å². The van der Waals surface area contributed by atoms with E-state index in [4.69, 9.17) is 18.6 Å². The van der Waals surface area contributed by atoms with E-state index in [9.17, 15) is 0 Å². The molecule has 0 aliphatic carbocycles. The number of ether oxygens (including phenoxy) is 3. The van der Waals surface area contributed by atoms with Gasteiger partial charge in [-0.25, -0.2) is 4.98 Å². The molecule has 0 fully saturated rings. The highest BCUT2D eigenvalue weighted by atomic mass is 16.5. The Balaban J connectivity index is 1.94. The highest BCUT2D eigenvalue weighted by molar-refractivity contribution is 5.79. The average molecular weight is 376 g/mol. The second-order valence-corrected chi connectivity index (χ2v) is 5.85. The van der Waals surface area contributed by atoms with Gasteiger partial charge in [0.2, 0.25) is 11.6 Å². The predicted octanol–water partition coefficient (Wildman–Crippen LogP) is 2.22. The van der Waals surface area contributed by atoms with E-state index in [0.717, 1.165) is 23.4 Å². The summed E-state index contributed by atoms with van der Waals surface area (Å²) in [4.78, 5) is 8.56. The zero-order valence-electron chi connectivity index (χ0n) is 16.8. The summed E-state index contributed by atoms with van der Waals surface area (Å²) in [5, 5.41) is 6.46. The molecule has 0 radical (unpaired) electrons. The first-order valence-corrected chi connectivity index (χ1v) is 8.69. The van der Waals surface area contributed by atoms with E-state index in [1.165, 1.54) is 0 Å². The molecule has 27 heavy (non-hydrogen) atoms. The zero-order chi connectivity index (χ0) is 19.8. The summed E-state index contributed by atoms with van der Waals surface area (Å²) in [7, 11) is 6.54. The van der Waals surface area contributed by atoms with Crippen LogP contribution in [0.15, 0.2) is 21.5 Å². The number of oxazole rings is 1. The van der Waals surface area contributed by atoms with Crippen LogP contribution < -0.4 is 24.8 Å². The first kappa shape index (κ1) is 20.4. The van der Waals surface area contributed by atoms with Crippen molar-refractivity contribution in [3.63, 3.8) is 0 Å². The molecule has 0 spiro atoms. The number of nitrogens with zero attached hydrogens (tertiary/aromatic N) is 2. The third kappa shape index (κ3) is 5.06. The summed E-state index contributed by atoms with van der Waals surface area (Å²) < 4.78 is 21.8. The smallest absolute Gasteiger partial charge is 0.214 e. The summed E-state index contributed by atoms with van der Waals surface area (Å²) in [6.45, 7) is 4.95. The highest BCUT2D eigenvalue weighted by Crippen LogP contribution is 2.39. The van der Waals surface area contributed by atoms with Gasteiger partial charge in [0.25, 0.3) is 0 Å². The van der Waals surface area contributed by atoms with Crippen LogP contribution in [0.5, 0.6) is 17.2 Å². The minimum Gasteiger partial charge on any atom is -0.493 e. The number of nitrogens with one attached hydrogen (secondary N) is 2. The van der Waals surface area contributed by atoms with Crippen molar-refractivity contribution in [1.29, 1.82) is 0 Å². The topological polar surface area (TPSA) is 90.1 Å². The number of rotatable bonds is 8.